The lowest BCUT2D eigenvalue weighted by atomic mass is 10.0. The first kappa shape index (κ1) is 14.5. The number of benzene rings is 1. The van der Waals surface area contributed by atoms with Gasteiger partial charge in [0.1, 0.15) is 11.9 Å². The molecule has 1 unspecified atom stereocenters. The van der Waals surface area contributed by atoms with E-state index in [0.29, 0.717) is 17.8 Å². The molecule has 102 valence electrons. The number of aliphatic hydroxyl groups excluding tert-OH is 1. The van der Waals surface area contributed by atoms with E-state index in [-0.39, 0.29) is 12.6 Å². The van der Waals surface area contributed by atoms with E-state index in [4.69, 9.17) is 5.26 Å². The van der Waals surface area contributed by atoms with Crippen LogP contribution >= 0.6 is 15.9 Å². The number of nitrogens with zero attached hydrogens (tertiary/aromatic N) is 2. The van der Waals surface area contributed by atoms with Crippen LogP contribution in [0.3, 0.4) is 0 Å². The van der Waals surface area contributed by atoms with E-state index in [9.17, 15) is 5.11 Å². The van der Waals surface area contributed by atoms with E-state index in [2.05, 4.69) is 32.3 Å². The molecule has 20 heavy (non-hydrogen) atoms. The van der Waals surface area contributed by atoms with E-state index in [0.717, 1.165) is 10.0 Å². The van der Waals surface area contributed by atoms with E-state index in [1.165, 1.54) is 0 Å². The van der Waals surface area contributed by atoms with Gasteiger partial charge in [-0.25, -0.2) is 4.98 Å². The highest BCUT2D eigenvalue weighted by Crippen LogP contribution is 2.28. The van der Waals surface area contributed by atoms with Gasteiger partial charge in [0.25, 0.3) is 0 Å². The molecule has 2 rings (SSSR count). The van der Waals surface area contributed by atoms with Crippen molar-refractivity contribution < 1.29 is 5.11 Å². The number of rotatable bonds is 5. The molecule has 0 radical (unpaired) electrons. The number of aliphatic hydroxyl groups is 1. The molecule has 0 aliphatic rings. The molecule has 0 spiro atoms. The maximum absolute atomic E-state index is 9.25. The summed E-state index contributed by atoms with van der Waals surface area (Å²) in [7, 11) is 0. The van der Waals surface area contributed by atoms with Crippen LogP contribution in [0.15, 0.2) is 47.1 Å². The largest absolute Gasteiger partial charge is 0.396 e. The summed E-state index contributed by atoms with van der Waals surface area (Å²) >= 11 is 3.51. The normalized spacial score (nSPS) is 11.7. The Kier molecular flexibility index (Phi) is 5.10. The highest BCUT2D eigenvalue weighted by molar-refractivity contribution is 9.10. The van der Waals surface area contributed by atoms with Crippen LogP contribution in [0.5, 0.6) is 0 Å². The van der Waals surface area contributed by atoms with Gasteiger partial charge in [0.2, 0.25) is 0 Å². The molecular formula is C15H14BrN3O. The molecule has 2 aromatic rings. The monoisotopic (exact) mass is 331 g/mol. The summed E-state index contributed by atoms with van der Waals surface area (Å²) in [5.41, 5.74) is 1.51. The SMILES string of the molecule is N#Cc1cccnc1NC(CCO)c1ccccc1Br. The first-order valence-corrected chi connectivity index (χ1v) is 7.02. The Hall–Kier alpha value is -1.90. The van der Waals surface area contributed by atoms with Gasteiger partial charge in [0, 0.05) is 17.3 Å². The fourth-order valence-electron chi connectivity index (χ4n) is 1.97. The Balaban J connectivity index is 2.31. The van der Waals surface area contributed by atoms with Gasteiger partial charge in [-0.1, -0.05) is 34.1 Å². The van der Waals surface area contributed by atoms with Gasteiger partial charge in [0.15, 0.2) is 0 Å². The van der Waals surface area contributed by atoms with Crippen LogP contribution in [0, 0.1) is 11.3 Å². The Morgan fingerprint density at radius 3 is 2.80 bits per heavy atom. The molecule has 5 heteroatoms. The number of aromatic nitrogens is 1. The Labute approximate surface area is 126 Å². The predicted octanol–water partition coefficient (Wildman–Crippen LogP) is 3.25. The van der Waals surface area contributed by atoms with Crippen molar-refractivity contribution >= 4 is 21.7 Å². The summed E-state index contributed by atoms with van der Waals surface area (Å²) in [6, 6.07) is 13.2. The fraction of sp³-hybridized carbons (Fsp3) is 0.200. The third kappa shape index (κ3) is 3.35. The Bertz CT molecular complexity index is 619. The van der Waals surface area contributed by atoms with Gasteiger partial charge >= 0.3 is 0 Å². The lowest BCUT2D eigenvalue weighted by Crippen LogP contribution is -2.14. The van der Waals surface area contributed by atoms with E-state index >= 15 is 0 Å². The number of nitrogens with one attached hydrogen (secondary N) is 1. The standard InChI is InChI=1S/C15H14BrN3O/c16-13-6-2-1-5-12(13)14(7-9-20)19-15-11(10-17)4-3-8-18-15/h1-6,8,14,20H,7,9H2,(H,18,19). The van der Waals surface area contributed by atoms with E-state index in [1.54, 1.807) is 18.3 Å². The first-order chi connectivity index (χ1) is 9.76. The highest BCUT2D eigenvalue weighted by Gasteiger charge is 2.15. The summed E-state index contributed by atoms with van der Waals surface area (Å²) in [5.74, 6) is 0.532. The van der Waals surface area contributed by atoms with Crippen LogP contribution in [0.1, 0.15) is 23.6 Å². The van der Waals surface area contributed by atoms with Crippen LogP contribution in [-0.4, -0.2) is 16.7 Å². The fourth-order valence-corrected chi connectivity index (χ4v) is 2.53. The molecule has 2 N–H and O–H groups in total. The topological polar surface area (TPSA) is 68.9 Å². The summed E-state index contributed by atoms with van der Waals surface area (Å²) in [6.45, 7) is 0.0493. The molecule has 0 fully saturated rings. The van der Waals surface area contributed by atoms with Crippen LogP contribution in [0.4, 0.5) is 5.82 Å². The third-order valence-corrected chi connectivity index (χ3v) is 3.66. The van der Waals surface area contributed by atoms with Crippen LogP contribution in [0.2, 0.25) is 0 Å². The molecule has 0 aliphatic carbocycles. The molecular weight excluding hydrogens is 318 g/mol. The summed E-state index contributed by atoms with van der Waals surface area (Å²) in [5, 5.41) is 21.6. The maximum Gasteiger partial charge on any atom is 0.144 e. The highest BCUT2D eigenvalue weighted by atomic mass is 79.9. The molecule has 0 saturated carbocycles. The van der Waals surface area contributed by atoms with Crippen molar-refractivity contribution in [2.75, 3.05) is 11.9 Å². The molecule has 0 amide bonds. The number of hydrogen-bond donors (Lipinski definition) is 2. The van der Waals surface area contributed by atoms with Crippen LogP contribution in [-0.2, 0) is 0 Å². The van der Waals surface area contributed by atoms with Crippen molar-refractivity contribution in [3.05, 3.63) is 58.2 Å². The second-order valence-corrected chi connectivity index (χ2v) is 5.10. The lowest BCUT2D eigenvalue weighted by Gasteiger charge is -2.20. The van der Waals surface area contributed by atoms with Gasteiger partial charge < -0.3 is 10.4 Å². The second-order valence-electron chi connectivity index (χ2n) is 4.24. The third-order valence-electron chi connectivity index (χ3n) is 2.94. The summed E-state index contributed by atoms with van der Waals surface area (Å²) in [4.78, 5) is 4.20. The van der Waals surface area contributed by atoms with Gasteiger partial charge in [-0.15, -0.1) is 0 Å². The number of hydrogen-bond acceptors (Lipinski definition) is 4. The quantitative estimate of drug-likeness (QED) is 0.882. The van der Waals surface area contributed by atoms with Crippen molar-refractivity contribution in [1.82, 2.24) is 4.98 Å². The van der Waals surface area contributed by atoms with Gasteiger partial charge in [-0.3, -0.25) is 0 Å². The molecule has 1 heterocycles. The lowest BCUT2D eigenvalue weighted by molar-refractivity contribution is 0.279. The summed E-state index contributed by atoms with van der Waals surface area (Å²) < 4.78 is 0.959. The van der Waals surface area contributed by atoms with Crippen LogP contribution in [0.25, 0.3) is 0 Å². The predicted molar refractivity (Wildman–Crippen MR) is 81.2 cm³/mol. The zero-order chi connectivity index (χ0) is 14.4. The second kappa shape index (κ2) is 7.04. The number of pyridine rings is 1. The Morgan fingerprint density at radius 1 is 1.30 bits per heavy atom. The Morgan fingerprint density at radius 2 is 2.10 bits per heavy atom. The molecule has 0 bridgehead atoms. The maximum atomic E-state index is 9.25. The molecule has 0 aliphatic heterocycles. The molecule has 1 aromatic heterocycles. The smallest absolute Gasteiger partial charge is 0.144 e. The molecule has 0 saturated heterocycles. The van der Waals surface area contributed by atoms with E-state index in [1.807, 2.05) is 24.3 Å². The van der Waals surface area contributed by atoms with Crippen molar-refractivity contribution in [3.63, 3.8) is 0 Å². The zero-order valence-corrected chi connectivity index (χ0v) is 12.3. The minimum absolute atomic E-state index is 0.0493. The molecule has 4 nitrogen and oxygen atoms in total. The van der Waals surface area contributed by atoms with Crippen molar-refractivity contribution in [2.24, 2.45) is 0 Å². The molecule has 1 atom stereocenters. The van der Waals surface area contributed by atoms with Gasteiger partial charge in [-0.2, -0.15) is 5.26 Å². The van der Waals surface area contributed by atoms with E-state index < -0.39 is 0 Å². The van der Waals surface area contributed by atoms with Crippen LogP contribution < -0.4 is 5.32 Å². The first-order valence-electron chi connectivity index (χ1n) is 6.23. The summed E-state index contributed by atoms with van der Waals surface area (Å²) in [6.07, 6.45) is 2.17. The minimum atomic E-state index is -0.113. The average Bonchev–Trinajstić information content (AvgIpc) is 2.48. The number of halogens is 1. The van der Waals surface area contributed by atoms with Crippen molar-refractivity contribution in [2.45, 2.75) is 12.5 Å². The molecule has 1 aromatic carbocycles. The van der Waals surface area contributed by atoms with Gasteiger partial charge in [-0.05, 0) is 30.2 Å². The average molecular weight is 332 g/mol. The zero-order valence-electron chi connectivity index (χ0n) is 10.8. The number of nitriles is 1. The number of anilines is 1. The van der Waals surface area contributed by atoms with Crippen molar-refractivity contribution in [1.29, 1.82) is 5.26 Å². The van der Waals surface area contributed by atoms with Gasteiger partial charge in [0.05, 0.1) is 11.6 Å². The van der Waals surface area contributed by atoms with Crippen molar-refractivity contribution in [3.8, 4) is 6.07 Å². The minimum Gasteiger partial charge on any atom is -0.396 e.